The molecule has 19 heavy (non-hydrogen) atoms. The summed E-state index contributed by atoms with van der Waals surface area (Å²) in [6, 6.07) is 8.01. The van der Waals surface area contributed by atoms with Gasteiger partial charge in [-0.15, -0.1) is 0 Å². The van der Waals surface area contributed by atoms with Gasteiger partial charge in [-0.2, -0.15) is 0 Å². The number of aryl methyl sites for hydroxylation is 1. The van der Waals surface area contributed by atoms with E-state index in [0.717, 1.165) is 16.2 Å². The molecule has 106 valence electrons. The molecule has 1 unspecified atom stereocenters. The minimum absolute atomic E-state index is 0.126. The molecule has 0 bridgehead atoms. The molecule has 0 heterocycles. The van der Waals surface area contributed by atoms with E-state index in [1.807, 2.05) is 31.2 Å². The molecule has 0 aliphatic heterocycles. The molecule has 0 saturated carbocycles. The topological polar surface area (TPSA) is 17.1 Å². The van der Waals surface area contributed by atoms with Crippen molar-refractivity contribution in [1.29, 1.82) is 0 Å². The van der Waals surface area contributed by atoms with Gasteiger partial charge in [-0.25, -0.2) is 4.21 Å². The van der Waals surface area contributed by atoms with Crippen LogP contribution in [0.4, 0.5) is 0 Å². The van der Waals surface area contributed by atoms with E-state index in [4.69, 9.17) is 0 Å². The molecular weight excluding hydrogens is 252 g/mol. The standard InChI is InChI=1S/C17H26OS/c1-7-8-16(14(3)17(4,5)6)19(18)15-11-9-13(2)10-12-15/h8-12,14H,7H2,1-6H3/b16-8+/t14-,19?/m0/s1. The van der Waals surface area contributed by atoms with E-state index in [0.29, 0.717) is 5.92 Å². The average molecular weight is 278 g/mol. The van der Waals surface area contributed by atoms with Crippen LogP contribution in [0.15, 0.2) is 40.1 Å². The highest BCUT2D eigenvalue weighted by Gasteiger charge is 2.27. The first kappa shape index (κ1) is 16.2. The highest BCUT2D eigenvalue weighted by molar-refractivity contribution is 7.89. The van der Waals surface area contributed by atoms with Gasteiger partial charge in [0, 0.05) is 9.80 Å². The summed E-state index contributed by atoms with van der Waals surface area (Å²) in [5, 5.41) is 0. The fourth-order valence-corrected chi connectivity index (χ4v) is 3.49. The first-order valence-electron chi connectivity index (χ1n) is 6.96. The number of rotatable bonds is 4. The summed E-state index contributed by atoms with van der Waals surface area (Å²) in [6.45, 7) is 12.9. The smallest absolute Gasteiger partial charge is 0.0808 e. The van der Waals surface area contributed by atoms with Crippen LogP contribution in [0.1, 0.15) is 46.6 Å². The number of hydrogen-bond donors (Lipinski definition) is 0. The van der Waals surface area contributed by atoms with Crippen molar-refractivity contribution >= 4 is 10.8 Å². The number of hydrogen-bond acceptors (Lipinski definition) is 1. The zero-order valence-corrected chi connectivity index (χ0v) is 13.8. The average Bonchev–Trinajstić information content (AvgIpc) is 2.34. The van der Waals surface area contributed by atoms with Gasteiger partial charge in [0.25, 0.3) is 0 Å². The lowest BCUT2D eigenvalue weighted by atomic mass is 9.81. The summed E-state index contributed by atoms with van der Waals surface area (Å²) in [5.41, 5.74) is 1.33. The van der Waals surface area contributed by atoms with Crippen molar-refractivity contribution in [2.75, 3.05) is 0 Å². The summed E-state index contributed by atoms with van der Waals surface area (Å²) < 4.78 is 12.8. The van der Waals surface area contributed by atoms with Gasteiger partial charge in [0.15, 0.2) is 0 Å². The summed E-state index contributed by atoms with van der Waals surface area (Å²) >= 11 is 0. The van der Waals surface area contributed by atoms with E-state index in [1.54, 1.807) is 0 Å². The lowest BCUT2D eigenvalue weighted by Gasteiger charge is -2.29. The Morgan fingerprint density at radius 3 is 2.21 bits per heavy atom. The molecule has 0 aromatic heterocycles. The van der Waals surface area contributed by atoms with Crippen LogP contribution in [0.3, 0.4) is 0 Å². The van der Waals surface area contributed by atoms with Crippen LogP contribution in [0.2, 0.25) is 0 Å². The van der Waals surface area contributed by atoms with Crippen molar-refractivity contribution in [2.24, 2.45) is 11.3 Å². The molecule has 0 amide bonds. The van der Waals surface area contributed by atoms with Gasteiger partial charge in [-0.3, -0.25) is 0 Å². The summed E-state index contributed by atoms with van der Waals surface area (Å²) in [6.07, 6.45) is 3.05. The Morgan fingerprint density at radius 1 is 1.26 bits per heavy atom. The van der Waals surface area contributed by atoms with Crippen LogP contribution in [-0.4, -0.2) is 4.21 Å². The first-order valence-corrected chi connectivity index (χ1v) is 8.10. The van der Waals surface area contributed by atoms with Gasteiger partial charge in [0.1, 0.15) is 0 Å². The van der Waals surface area contributed by atoms with E-state index in [1.165, 1.54) is 5.56 Å². The molecule has 1 nitrogen and oxygen atoms in total. The molecule has 0 N–H and O–H groups in total. The number of benzene rings is 1. The highest BCUT2D eigenvalue weighted by atomic mass is 32.2. The van der Waals surface area contributed by atoms with E-state index in [2.05, 4.69) is 40.7 Å². The van der Waals surface area contributed by atoms with Gasteiger partial charge in [-0.1, -0.05) is 58.4 Å². The quantitative estimate of drug-likeness (QED) is 0.750. The normalized spacial score (nSPS) is 16.2. The Bertz CT molecular complexity index is 463. The third-order valence-corrected chi connectivity index (χ3v) is 5.23. The SMILES string of the molecule is CC/C=C(\[C@H](C)C(C)(C)C)S(=O)c1ccc(C)cc1. The summed E-state index contributed by atoms with van der Waals surface area (Å²) in [5.74, 6) is 0.301. The molecule has 0 fully saturated rings. The van der Waals surface area contributed by atoms with Crippen LogP contribution in [0, 0.1) is 18.3 Å². The monoisotopic (exact) mass is 278 g/mol. The van der Waals surface area contributed by atoms with Crippen LogP contribution < -0.4 is 0 Å². The van der Waals surface area contributed by atoms with E-state index < -0.39 is 10.8 Å². The zero-order chi connectivity index (χ0) is 14.6. The highest BCUT2D eigenvalue weighted by Crippen LogP contribution is 2.35. The summed E-state index contributed by atoms with van der Waals surface area (Å²) in [4.78, 5) is 1.96. The predicted octanol–water partition coefficient (Wildman–Crippen LogP) is 5.08. The Kier molecular flexibility index (Phi) is 5.54. The first-order chi connectivity index (χ1) is 8.77. The maximum absolute atomic E-state index is 12.8. The Hall–Kier alpha value is -0.890. The van der Waals surface area contributed by atoms with Crippen molar-refractivity contribution in [3.63, 3.8) is 0 Å². The second-order valence-electron chi connectivity index (χ2n) is 6.18. The third-order valence-electron chi connectivity index (χ3n) is 3.58. The Labute approximate surface area is 120 Å². The minimum atomic E-state index is -1.04. The molecular formula is C17H26OS. The van der Waals surface area contributed by atoms with Crippen LogP contribution in [0.25, 0.3) is 0 Å². The van der Waals surface area contributed by atoms with Crippen molar-refractivity contribution in [3.05, 3.63) is 40.8 Å². The van der Waals surface area contributed by atoms with E-state index >= 15 is 0 Å². The molecule has 1 aromatic rings. The van der Waals surface area contributed by atoms with Crippen molar-refractivity contribution in [3.8, 4) is 0 Å². The van der Waals surface area contributed by atoms with Crippen molar-refractivity contribution in [1.82, 2.24) is 0 Å². The van der Waals surface area contributed by atoms with E-state index in [-0.39, 0.29) is 5.41 Å². The predicted molar refractivity (Wildman–Crippen MR) is 84.6 cm³/mol. The molecule has 0 aliphatic rings. The zero-order valence-electron chi connectivity index (χ0n) is 13.0. The Morgan fingerprint density at radius 2 is 1.79 bits per heavy atom. The Balaban J connectivity index is 3.11. The largest absolute Gasteiger partial charge is 0.249 e. The van der Waals surface area contributed by atoms with E-state index in [9.17, 15) is 4.21 Å². The van der Waals surface area contributed by atoms with Gasteiger partial charge >= 0.3 is 0 Å². The lowest BCUT2D eigenvalue weighted by molar-refractivity contribution is 0.309. The van der Waals surface area contributed by atoms with Gasteiger partial charge in [0.2, 0.25) is 0 Å². The second-order valence-corrected chi connectivity index (χ2v) is 7.66. The van der Waals surface area contributed by atoms with Crippen LogP contribution in [-0.2, 0) is 10.8 Å². The van der Waals surface area contributed by atoms with Crippen molar-refractivity contribution in [2.45, 2.75) is 52.9 Å². The molecule has 1 aromatic carbocycles. The summed E-state index contributed by atoms with van der Waals surface area (Å²) in [7, 11) is -1.04. The van der Waals surface area contributed by atoms with Gasteiger partial charge in [0.05, 0.1) is 10.8 Å². The second kappa shape index (κ2) is 6.51. The maximum atomic E-state index is 12.8. The fraction of sp³-hybridized carbons (Fsp3) is 0.529. The van der Waals surface area contributed by atoms with Crippen LogP contribution in [0.5, 0.6) is 0 Å². The van der Waals surface area contributed by atoms with Gasteiger partial charge < -0.3 is 0 Å². The molecule has 1 rings (SSSR count). The lowest BCUT2D eigenvalue weighted by Crippen LogP contribution is -2.21. The van der Waals surface area contributed by atoms with Crippen molar-refractivity contribution < 1.29 is 4.21 Å². The minimum Gasteiger partial charge on any atom is -0.249 e. The molecule has 0 radical (unpaired) electrons. The molecule has 2 atom stereocenters. The maximum Gasteiger partial charge on any atom is 0.0808 e. The molecule has 0 spiro atoms. The third kappa shape index (κ3) is 4.31. The number of allylic oxidation sites excluding steroid dienone is 2. The molecule has 0 saturated heterocycles. The fourth-order valence-electron chi connectivity index (χ4n) is 1.84. The molecule has 2 heteroatoms. The van der Waals surface area contributed by atoms with Crippen LogP contribution >= 0.6 is 0 Å². The molecule has 0 aliphatic carbocycles. The van der Waals surface area contributed by atoms with Gasteiger partial charge in [-0.05, 0) is 36.8 Å².